The second kappa shape index (κ2) is 14.5. The van der Waals surface area contributed by atoms with Crippen LogP contribution in [-0.4, -0.2) is 78.2 Å². The minimum Gasteiger partial charge on any atom is -0.503 e. The Morgan fingerprint density at radius 1 is 1.11 bits per heavy atom. The van der Waals surface area contributed by atoms with E-state index in [0.29, 0.717) is 17.5 Å². The van der Waals surface area contributed by atoms with Crippen molar-refractivity contribution < 1.29 is 42.9 Å². The molecule has 37 heavy (non-hydrogen) atoms. The fourth-order valence-electron chi connectivity index (χ4n) is 3.28. The van der Waals surface area contributed by atoms with Crippen LogP contribution in [-0.2, 0) is 29.8 Å². The lowest BCUT2D eigenvalue weighted by Crippen LogP contribution is -2.36. The lowest BCUT2D eigenvalue weighted by atomic mass is 10.1. The molecule has 2 aromatic rings. The maximum Gasteiger partial charge on any atom is 0.410 e. The molecule has 0 aliphatic rings. The molecular weight excluding hydrogens is 507 g/mol. The molecule has 2 rings (SSSR count). The zero-order chi connectivity index (χ0) is 27.4. The minimum atomic E-state index is -3.69. The van der Waals surface area contributed by atoms with E-state index < -0.39 is 31.3 Å². The van der Waals surface area contributed by atoms with Crippen molar-refractivity contribution in [1.29, 1.82) is 0 Å². The van der Waals surface area contributed by atoms with Crippen molar-refractivity contribution in [2.45, 2.75) is 26.0 Å². The molecule has 1 aromatic carbocycles. The SMILES string of the molecule is COC(=O)c1ccc([C@H](C)OC(=O)N(CCCn2cccc(O)c2=O)CCOCCP(=O)(O)OC)cc1. The van der Waals surface area contributed by atoms with Gasteiger partial charge in [0, 0.05) is 32.9 Å². The highest BCUT2D eigenvalue weighted by Crippen LogP contribution is 2.39. The van der Waals surface area contributed by atoms with Gasteiger partial charge in [0.05, 0.1) is 32.0 Å². The molecule has 1 aromatic heterocycles. The van der Waals surface area contributed by atoms with Gasteiger partial charge >= 0.3 is 19.7 Å². The van der Waals surface area contributed by atoms with Crippen LogP contribution in [0.1, 0.15) is 35.4 Å². The van der Waals surface area contributed by atoms with E-state index in [-0.39, 0.29) is 44.8 Å². The highest BCUT2D eigenvalue weighted by Gasteiger charge is 2.20. The number of rotatable bonds is 14. The molecule has 2 N–H and O–H groups in total. The summed E-state index contributed by atoms with van der Waals surface area (Å²) in [6, 6.07) is 9.31. The Balaban J connectivity index is 2.00. The van der Waals surface area contributed by atoms with Gasteiger partial charge in [0.25, 0.3) is 5.56 Å². The Morgan fingerprint density at radius 3 is 2.46 bits per heavy atom. The van der Waals surface area contributed by atoms with E-state index in [1.165, 1.54) is 28.8 Å². The molecule has 13 heteroatoms. The van der Waals surface area contributed by atoms with Gasteiger partial charge in [-0.15, -0.1) is 0 Å². The first kappa shape index (κ1) is 30.0. The molecule has 0 fully saturated rings. The van der Waals surface area contributed by atoms with Crippen LogP contribution in [0.25, 0.3) is 0 Å². The van der Waals surface area contributed by atoms with Crippen molar-refractivity contribution in [2.24, 2.45) is 0 Å². The van der Waals surface area contributed by atoms with Crippen LogP contribution < -0.4 is 5.56 Å². The Bertz CT molecular complexity index is 1140. The van der Waals surface area contributed by atoms with Gasteiger partial charge in [-0.05, 0) is 43.2 Å². The summed E-state index contributed by atoms with van der Waals surface area (Å²) in [5.41, 5.74) is 0.504. The van der Waals surface area contributed by atoms with Gasteiger partial charge in [-0.3, -0.25) is 9.36 Å². The number of hydrogen-bond donors (Lipinski definition) is 2. The van der Waals surface area contributed by atoms with Gasteiger partial charge in [-0.2, -0.15) is 0 Å². The lowest BCUT2D eigenvalue weighted by molar-refractivity contribution is 0.0542. The minimum absolute atomic E-state index is 0.0356. The van der Waals surface area contributed by atoms with Crippen molar-refractivity contribution in [3.8, 4) is 5.75 Å². The number of aromatic nitrogens is 1. The summed E-state index contributed by atoms with van der Waals surface area (Å²) in [6.45, 7) is 2.33. The van der Waals surface area contributed by atoms with Gasteiger partial charge in [-0.1, -0.05) is 12.1 Å². The monoisotopic (exact) mass is 540 g/mol. The summed E-state index contributed by atoms with van der Waals surface area (Å²) < 4.78 is 33.1. The number of benzene rings is 1. The smallest absolute Gasteiger partial charge is 0.410 e. The van der Waals surface area contributed by atoms with Crippen LogP contribution in [0.15, 0.2) is 47.4 Å². The molecule has 12 nitrogen and oxygen atoms in total. The van der Waals surface area contributed by atoms with E-state index in [0.717, 1.165) is 7.11 Å². The Morgan fingerprint density at radius 2 is 1.81 bits per heavy atom. The predicted molar refractivity (Wildman–Crippen MR) is 134 cm³/mol. The number of carbonyl (C=O) groups excluding carboxylic acids is 2. The van der Waals surface area contributed by atoms with Crippen LogP contribution in [0.5, 0.6) is 5.75 Å². The second-order valence-electron chi connectivity index (χ2n) is 8.03. The summed E-state index contributed by atoms with van der Waals surface area (Å²) in [7, 11) is -1.27. The number of pyridine rings is 1. The summed E-state index contributed by atoms with van der Waals surface area (Å²) in [5.74, 6) is -0.840. The van der Waals surface area contributed by atoms with Crippen LogP contribution in [0.2, 0.25) is 0 Å². The van der Waals surface area contributed by atoms with E-state index >= 15 is 0 Å². The normalized spacial score (nSPS) is 13.4. The van der Waals surface area contributed by atoms with Gasteiger partial charge in [0.15, 0.2) is 5.75 Å². The van der Waals surface area contributed by atoms with Crippen molar-refractivity contribution in [1.82, 2.24) is 9.47 Å². The highest BCUT2D eigenvalue weighted by molar-refractivity contribution is 7.52. The molecule has 0 saturated carbocycles. The zero-order valence-electron chi connectivity index (χ0n) is 21.1. The Labute approximate surface area is 214 Å². The number of carbonyl (C=O) groups is 2. The van der Waals surface area contributed by atoms with E-state index in [1.54, 1.807) is 37.3 Å². The van der Waals surface area contributed by atoms with Crippen molar-refractivity contribution >= 4 is 19.7 Å². The molecule has 2 atom stereocenters. The second-order valence-corrected chi connectivity index (χ2v) is 10.1. The van der Waals surface area contributed by atoms with Gasteiger partial charge in [-0.25, -0.2) is 9.59 Å². The number of aryl methyl sites for hydroxylation is 1. The van der Waals surface area contributed by atoms with Crippen LogP contribution >= 0.6 is 7.60 Å². The predicted octanol–water partition coefficient (Wildman–Crippen LogP) is 2.78. The molecule has 0 aliphatic heterocycles. The number of esters is 1. The summed E-state index contributed by atoms with van der Waals surface area (Å²) >= 11 is 0. The number of aromatic hydroxyl groups is 1. The third-order valence-corrected chi connectivity index (χ3v) is 6.79. The summed E-state index contributed by atoms with van der Waals surface area (Å²) in [4.78, 5) is 47.4. The summed E-state index contributed by atoms with van der Waals surface area (Å²) in [5, 5.41) is 9.60. The van der Waals surface area contributed by atoms with Gasteiger partial charge < -0.3 is 38.2 Å². The van der Waals surface area contributed by atoms with Crippen LogP contribution in [0.3, 0.4) is 0 Å². The fourth-order valence-corrected chi connectivity index (χ4v) is 3.82. The molecule has 0 aliphatic carbocycles. The van der Waals surface area contributed by atoms with Gasteiger partial charge in [0.1, 0.15) is 6.10 Å². The third kappa shape index (κ3) is 9.66. The lowest BCUT2D eigenvalue weighted by Gasteiger charge is -2.25. The van der Waals surface area contributed by atoms with E-state index in [1.807, 2.05) is 0 Å². The number of ether oxygens (including phenoxy) is 3. The van der Waals surface area contributed by atoms with Crippen molar-refractivity contribution in [3.63, 3.8) is 0 Å². The average molecular weight is 541 g/mol. The molecular formula is C24H33N2O10P. The zero-order valence-corrected chi connectivity index (χ0v) is 22.0. The molecule has 0 saturated heterocycles. The molecule has 1 unspecified atom stereocenters. The first-order valence-electron chi connectivity index (χ1n) is 11.6. The Kier molecular flexibility index (Phi) is 11.8. The molecule has 1 amide bonds. The molecule has 0 radical (unpaired) electrons. The first-order valence-corrected chi connectivity index (χ1v) is 13.3. The first-order chi connectivity index (χ1) is 17.6. The standard InChI is InChI=1S/C24H33N2O10P/c1-18(19-7-9-20(10-8-19)23(29)33-2)36-24(30)26(14-15-35-16-17-37(31,32)34-3)13-5-12-25-11-4-6-21(27)22(25)28/h4,6-11,18,27H,5,12-17H2,1-3H3,(H,31,32)/t18-/m0/s1. The topological polar surface area (TPSA) is 154 Å². The molecule has 204 valence electrons. The highest BCUT2D eigenvalue weighted by atomic mass is 31.2. The van der Waals surface area contributed by atoms with Crippen LogP contribution in [0.4, 0.5) is 4.79 Å². The van der Waals surface area contributed by atoms with E-state index in [9.17, 15) is 28.9 Å². The Hall–Kier alpha value is -3.18. The third-order valence-electron chi connectivity index (χ3n) is 5.47. The maximum absolute atomic E-state index is 12.9. The average Bonchev–Trinajstić information content (AvgIpc) is 2.89. The quantitative estimate of drug-likeness (QED) is 0.208. The largest absolute Gasteiger partial charge is 0.503 e. The number of amides is 1. The molecule has 0 bridgehead atoms. The summed E-state index contributed by atoms with van der Waals surface area (Å²) in [6.07, 6.45) is 0.486. The van der Waals surface area contributed by atoms with E-state index in [4.69, 9.17) is 9.47 Å². The molecule has 0 spiro atoms. The van der Waals surface area contributed by atoms with Crippen molar-refractivity contribution in [2.75, 3.05) is 46.7 Å². The van der Waals surface area contributed by atoms with E-state index in [2.05, 4.69) is 9.26 Å². The number of nitrogens with zero attached hydrogens (tertiary/aromatic N) is 2. The maximum atomic E-state index is 12.9. The molecule has 1 heterocycles. The fraction of sp³-hybridized carbons (Fsp3) is 0.458. The van der Waals surface area contributed by atoms with Crippen molar-refractivity contribution in [3.05, 3.63) is 64.1 Å². The number of hydrogen-bond acceptors (Lipinski definition) is 9. The van der Waals surface area contributed by atoms with Crippen LogP contribution in [0, 0.1) is 0 Å². The number of methoxy groups -OCH3 is 1. The van der Waals surface area contributed by atoms with Gasteiger partial charge in [0.2, 0.25) is 0 Å².